The van der Waals surface area contributed by atoms with Crippen LogP contribution in [0.1, 0.15) is 17.9 Å². The lowest BCUT2D eigenvalue weighted by molar-refractivity contribution is -0.115. The summed E-state index contributed by atoms with van der Waals surface area (Å²) in [6.07, 6.45) is 1.36. The van der Waals surface area contributed by atoms with E-state index in [1.54, 1.807) is 0 Å². The van der Waals surface area contributed by atoms with Crippen molar-refractivity contribution < 1.29 is 9.21 Å². The predicted octanol–water partition coefficient (Wildman–Crippen LogP) is 3.97. The van der Waals surface area contributed by atoms with Gasteiger partial charge in [-0.2, -0.15) is 0 Å². The fourth-order valence-corrected chi connectivity index (χ4v) is 3.81. The highest BCUT2D eigenvalue weighted by Gasteiger charge is 2.24. The molecule has 1 fully saturated rings. The molecule has 6 heteroatoms. The summed E-state index contributed by atoms with van der Waals surface area (Å²) in [6, 6.07) is 18.4. The van der Waals surface area contributed by atoms with Crippen molar-refractivity contribution in [2.45, 2.75) is 25.8 Å². The Morgan fingerprint density at radius 3 is 2.57 bits per heavy atom. The molecule has 1 amide bonds. The Morgan fingerprint density at radius 1 is 1.17 bits per heavy atom. The Balaban J connectivity index is 1.36. The highest BCUT2D eigenvalue weighted by Crippen LogP contribution is 2.25. The van der Waals surface area contributed by atoms with Crippen molar-refractivity contribution in [2.24, 2.45) is 0 Å². The first kappa shape index (κ1) is 20.2. The molecule has 1 saturated heterocycles. The lowest BCUT2D eigenvalue weighted by atomic mass is 10.2. The number of oxazole rings is 1. The van der Waals surface area contributed by atoms with E-state index >= 15 is 0 Å². The van der Waals surface area contributed by atoms with E-state index in [0.29, 0.717) is 23.4 Å². The van der Waals surface area contributed by atoms with Crippen LogP contribution in [0.3, 0.4) is 0 Å². The van der Waals surface area contributed by atoms with E-state index in [0.717, 1.165) is 24.3 Å². The van der Waals surface area contributed by atoms with Gasteiger partial charge in [0, 0.05) is 36.1 Å². The highest BCUT2D eigenvalue weighted by molar-refractivity contribution is 5.92. The third-order valence-corrected chi connectivity index (χ3v) is 5.65. The number of hydrogen-bond acceptors (Lipinski definition) is 5. The minimum Gasteiger partial charge on any atom is -0.441 e. The van der Waals surface area contributed by atoms with Crippen LogP contribution < -0.4 is 10.2 Å². The van der Waals surface area contributed by atoms with Crippen LogP contribution >= 0.6 is 0 Å². The van der Waals surface area contributed by atoms with Gasteiger partial charge >= 0.3 is 0 Å². The largest absolute Gasteiger partial charge is 0.441 e. The quantitative estimate of drug-likeness (QED) is 0.674. The minimum absolute atomic E-state index is 0.104. The van der Waals surface area contributed by atoms with Crippen molar-refractivity contribution in [2.75, 3.05) is 37.4 Å². The van der Waals surface area contributed by atoms with Crippen LogP contribution in [-0.2, 0) is 11.2 Å². The Morgan fingerprint density at radius 2 is 1.90 bits per heavy atom. The van der Waals surface area contributed by atoms with Crippen LogP contribution in [0, 0.1) is 6.92 Å². The molecule has 1 aliphatic rings. The molecule has 0 saturated carbocycles. The summed E-state index contributed by atoms with van der Waals surface area (Å²) < 4.78 is 5.75. The third-order valence-electron chi connectivity index (χ3n) is 5.65. The molecular formula is C24H28N4O2. The number of rotatable bonds is 6. The number of benzene rings is 2. The normalized spacial score (nSPS) is 16.3. The summed E-state index contributed by atoms with van der Waals surface area (Å²) in [6.45, 7) is 3.94. The van der Waals surface area contributed by atoms with Crippen LogP contribution in [0.4, 0.5) is 11.4 Å². The van der Waals surface area contributed by atoms with Crippen molar-refractivity contribution in [1.29, 1.82) is 0 Å². The molecule has 6 nitrogen and oxygen atoms in total. The lowest BCUT2D eigenvalue weighted by Gasteiger charge is -2.22. The fourth-order valence-electron chi connectivity index (χ4n) is 3.81. The Hall–Kier alpha value is -3.12. The van der Waals surface area contributed by atoms with E-state index in [9.17, 15) is 4.79 Å². The SMILES string of the molecule is Cc1oc(-c2ccccc2)nc1CC(=O)Nc1ccc(N2CCC(N(C)C)C2)cc1. The van der Waals surface area contributed by atoms with E-state index in [-0.39, 0.29) is 12.3 Å². The van der Waals surface area contributed by atoms with Gasteiger partial charge in [-0.3, -0.25) is 4.79 Å². The van der Waals surface area contributed by atoms with Gasteiger partial charge in [-0.25, -0.2) is 4.98 Å². The molecule has 0 spiro atoms. The molecule has 1 unspecified atom stereocenters. The molecule has 1 atom stereocenters. The van der Waals surface area contributed by atoms with Gasteiger partial charge in [-0.15, -0.1) is 0 Å². The van der Waals surface area contributed by atoms with Crippen LogP contribution in [0.25, 0.3) is 11.5 Å². The second-order valence-corrected chi connectivity index (χ2v) is 8.01. The van der Waals surface area contributed by atoms with E-state index in [4.69, 9.17) is 4.42 Å². The van der Waals surface area contributed by atoms with Gasteiger partial charge in [0.05, 0.1) is 12.1 Å². The Bertz CT molecular complexity index is 996. The topological polar surface area (TPSA) is 61.6 Å². The first-order valence-corrected chi connectivity index (χ1v) is 10.3. The van der Waals surface area contributed by atoms with Crippen molar-refractivity contribution in [1.82, 2.24) is 9.88 Å². The molecule has 0 bridgehead atoms. The number of hydrogen-bond donors (Lipinski definition) is 1. The van der Waals surface area contributed by atoms with Gasteiger partial charge in [0.15, 0.2) is 0 Å². The summed E-state index contributed by atoms with van der Waals surface area (Å²) in [5.41, 5.74) is 3.55. The maximum absolute atomic E-state index is 12.5. The van der Waals surface area contributed by atoms with Crippen LogP contribution in [-0.4, -0.2) is 49.0 Å². The number of likely N-dealkylation sites (N-methyl/N-ethyl adjacent to an activating group) is 1. The summed E-state index contributed by atoms with van der Waals surface area (Å²) in [5.74, 6) is 1.11. The summed E-state index contributed by atoms with van der Waals surface area (Å²) in [7, 11) is 4.26. The summed E-state index contributed by atoms with van der Waals surface area (Å²) >= 11 is 0. The molecule has 4 rings (SSSR count). The molecule has 30 heavy (non-hydrogen) atoms. The average molecular weight is 405 g/mol. The Labute approximate surface area is 177 Å². The number of carbonyl (C=O) groups excluding carboxylic acids is 1. The Kier molecular flexibility index (Phi) is 5.86. The number of anilines is 2. The average Bonchev–Trinajstić information content (AvgIpc) is 3.37. The molecule has 1 N–H and O–H groups in total. The molecule has 1 aromatic heterocycles. The molecule has 3 aromatic rings. The van der Waals surface area contributed by atoms with E-state index < -0.39 is 0 Å². The summed E-state index contributed by atoms with van der Waals surface area (Å²) in [4.78, 5) is 21.7. The smallest absolute Gasteiger partial charge is 0.230 e. The minimum atomic E-state index is -0.104. The zero-order chi connectivity index (χ0) is 21.1. The van der Waals surface area contributed by atoms with Crippen molar-refractivity contribution >= 4 is 17.3 Å². The first-order chi connectivity index (χ1) is 14.5. The molecule has 0 aliphatic carbocycles. The maximum Gasteiger partial charge on any atom is 0.230 e. The molecular weight excluding hydrogens is 376 g/mol. The van der Waals surface area contributed by atoms with Gasteiger partial charge < -0.3 is 19.5 Å². The second-order valence-electron chi connectivity index (χ2n) is 8.01. The number of aromatic nitrogens is 1. The zero-order valence-electron chi connectivity index (χ0n) is 17.8. The number of nitrogens with one attached hydrogen (secondary N) is 1. The number of nitrogens with zero attached hydrogens (tertiary/aromatic N) is 3. The molecule has 2 aromatic carbocycles. The zero-order valence-corrected chi connectivity index (χ0v) is 17.8. The summed E-state index contributed by atoms with van der Waals surface area (Å²) in [5, 5.41) is 2.96. The third kappa shape index (κ3) is 4.54. The van der Waals surface area contributed by atoms with Gasteiger partial charge in [-0.1, -0.05) is 18.2 Å². The fraction of sp³-hybridized carbons (Fsp3) is 0.333. The van der Waals surface area contributed by atoms with E-state index in [2.05, 4.69) is 46.3 Å². The van der Waals surface area contributed by atoms with Gasteiger partial charge in [0.2, 0.25) is 11.8 Å². The highest BCUT2D eigenvalue weighted by atomic mass is 16.4. The maximum atomic E-state index is 12.5. The lowest BCUT2D eigenvalue weighted by Crippen LogP contribution is -2.31. The molecule has 1 aliphatic heterocycles. The number of amides is 1. The van der Waals surface area contributed by atoms with E-state index in [1.807, 2.05) is 49.4 Å². The van der Waals surface area contributed by atoms with Gasteiger partial charge in [-0.05, 0) is 63.8 Å². The predicted molar refractivity (Wildman–Crippen MR) is 120 cm³/mol. The standard InChI is InChI=1S/C24H28N4O2/c1-17-22(26-24(30-17)18-7-5-4-6-8-18)15-23(29)25-19-9-11-20(12-10-19)28-14-13-21(16-28)27(2)3/h4-12,21H,13-16H2,1-3H3,(H,25,29). The molecule has 156 valence electrons. The molecule has 2 heterocycles. The van der Waals surface area contributed by atoms with Crippen LogP contribution in [0.5, 0.6) is 0 Å². The van der Waals surface area contributed by atoms with Crippen LogP contribution in [0.2, 0.25) is 0 Å². The number of carbonyl (C=O) groups is 1. The van der Waals surface area contributed by atoms with E-state index in [1.165, 1.54) is 12.1 Å². The molecule has 0 radical (unpaired) electrons. The van der Waals surface area contributed by atoms with Crippen LogP contribution in [0.15, 0.2) is 59.0 Å². The second kappa shape index (κ2) is 8.71. The first-order valence-electron chi connectivity index (χ1n) is 10.3. The monoisotopic (exact) mass is 404 g/mol. The van der Waals surface area contributed by atoms with Crippen molar-refractivity contribution in [3.05, 3.63) is 66.1 Å². The van der Waals surface area contributed by atoms with Crippen molar-refractivity contribution in [3.8, 4) is 11.5 Å². The van der Waals surface area contributed by atoms with Gasteiger partial charge in [0.1, 0.15) is 5.76 Å². The van der Waals surface area contributed by atoms with Gasteiger partial charge in [0.25, 0.3) is 0 Å². The van der Waals surface area contributed by atoms with Crippen molar-refractivity contribution in [3.63, 3.8) is 0 Å². The number of aryl methyl sites for hydroxylation is 1.